The van der Waals surface area contributed by atoms with Crippen LogP contribution in [0.3, 0.4) is 0 Å². The van der Waals surface area contributed by atoms with E-state index < -0.39 is 0 Å². The van der Waals surface area contributed by atoms with Crippen LogP contribution in [0.1, 0.15) is 155 Å². The molecule has 0 unspecified atom stereocenters. The van der Waals surface area contributed by atoms with E-state index in [9.17, 15) is 0 Å². The van der Waals surface area contributed by atoms with Gasteiger partial charge in [0.15, 0.2) is 0 Å². The molecule has 278 valence electrons. The number of benzene rings is 4. The molecule has 0 aliphatic heterocycles. The van der Waals surface area contributed by atoms with Crippen molar-refractivity contribution in [1.29, 1.82) is 0 Å². The Morgan fingerprint density at radius 2 is 0.868 bits per heavy atom. The summed E-state index contributed by atoms with van der Waals surface area (Å²) in [6, 6.07) is 31.1. The Morgan fingerprint density at radius 3 is 1.23 bits per heavy atom. The fraction of sp³-hybridized carbons (Fsp3) is 0.451. The highest BCUT2D eigenvalue weighted by Crippen LogP contribution is 2.37. The van der Waals surface area contributed by atoms with Crippen molar-refractivity contribution in [3.63, 3.8) is 0 Å². The molecular weight excluding hydrogens is 683 g/mol. The molecule has 0 amide bonds. The minimum Gasteiger partial charge on any atom is -0.0945 e. The summed E-state index contributed by atoms with van der Waals surface area (Å²) < 4.78 is 0. The summed E-state index contributed by atoms with van der Waals surface area (Å²) in [5.41, 5.74) is 10.5. The molecule has 4 aromatic rings. The van der Waals surface area contributed by atoms with Gasteiger partial charge in [-0.1, -0.05) is 155 Å². The average Bonchev–Trinajstić information content (AvgIpc) is 3.19. The maximum absolute atomic E-state index is 6.38. The highest BCUT2D eigenvalue weighted by molar-refractivity contribution is 6.31. The largest absolute Gasteiger partial charge is 0.0945 e. The molecule has 0 heterocycles. The van der Waals surface area contributed by atoms with Gasteiger partial charge in [0.25, 0.3) is 0 Å². The molecule has 2 fully saturated rings. The molecule has 0 atom stereocenters. The Labute approximate surface area is 332 Å². The van der Waals surface area contributed by atoms with Gasteiger partial charge < -0.3 is 0 Å². The third-order valence-corrected chi connectivity index (χ3v) is 12.0. The van der Waals surface area contributed by atoms with Crippen molar-refractivity contribution in [2.24, 2.45) is 11.8 Å². The third-order valence-electron chi connectivity index (χ3n) is 11.3. The van der Waals surface area contributed by atoms with Crippen LogP contribution in [0.15, 0.2) is 84.9 Å². The number of rotatable bonds is 9. The first-order valence-corrected chi connectivity index (χ1v) is 21.4. The van der Waals surface area contributed by atoms with Crippen LogP contribution in [0.2, 0.25) is 10.0 Å². The van der Waals surface area contributed by atoms with E-state index in [4.69, 9.17) is 23.2 Å². The Hall–Kier alpha value is -3.42. The minimum atomic E-state index is 0.523. The fourth-order valence-corrected chi connectivity index (χ4v) is 8.53. The Kier molecular flexibility index (Phi) is 16.5. The van der Waals surface area contributed by atoms with E-state index in [1.807, 2.05) is 12.1 Å². The standard InChI is InChI=1S/C26H31Cl.C25H29Cl/c1-3-5-20-9-14-23(15-10-20)24-16-11-21(12-17-24)7-8-22-13-18-25(6-4-2)26(27)19-22;1-3-5-24-17-12-21(18-25(24)26)7-6-20-10-15-23(16-11-20)22-13-8-19(4-2)9-14-22/h9-10,13-15,18-19,21,24H,3-6,11-12,16-17H2,1-2H3;8-9,12-14,17-18,20,23H,3-5,10-11,15-16H2,1-2H3. The van der Waals surface area contributed by atoms with Crippen molar-refractivity contribution < 1.29 is 0 Å². The third kappa shape index (κ3) is 12.6. The van der Waals surface area contributed by atoms with Crippen LogP contribution in [-0.2, 0) is 25.7 Å². The van der Waals surface area contributed by atoms with Gasteiger partial charge in [0.1, 0.15) is 0 Å². The molecule has 2 heteroatoms. The molecule has 53 heavy (non-hydrogen) atoms. The zero-order valence-electron chi connectivity index (χ0n) is 32.8. The zero-order valence-corrected chi connectivity index (χ0v) is 34.3. The fourth-order valence-electron chi connectivity index (χ4n) is 7.98. The molecule has 0 bridgehead atoms. The van der Waals surface area contributed by atoms with Crippen LogP contribution in [0, 0.1) is 35.5 Å². The van der Waals surface area contributed by atoms with Crippen molar-refractivity contribution in [2.45, 2.75) is 136 Å². The first-order valence-electron chi connectivity index (χ1n) is 20.7. The molecule has 2 aliphatic rings. The van der Waals surface area contributed by atoms with E-state index >= 15 is 0 Å². The molecule has 0 spiro atoms. The highest BCUT2D eigenvalue weighted by Gasteiger charge is 2.22. The van der Waals surface area contributed by atoms with Crippen LogP contribution in [0.4, 0.5) is 0 Å². The second kappa shape index (κ2) is 21.5. The first-order chi connectivity index (χ1) is 25.9. The highest BCUT2D eigenvalue weighted by atomic mass is 35.5. The average molecular weight is 744 g/mol. The maximum atomic E-state index is 6.38. The van der Waals surface area contributed by atoms with Gasteiger partial charge in [0, 0.05) is 33.0 Å². The molecule has 0 aromatic heterocycles. The lowest BCUT2D eigenvalue weighted by atomic mass is 9.78. The summed E-state index contributed by atoms with van der Waals surface area (Å²) in [7, 11) is 0. The maximum Gasteiger partial charge on any atom is 0.0450 e. The van der Waals surface area contributed by atoms with Crippen LogP contribution in [-0.4, -0.2) is 0 Å². The van der Waals surface area contributed by atoms with Crippen molar-refractivity contribution in [3.05, 3.63) is 139 Å². The number of hydrogen-bond acceptors (Lipinski definition) is 0. The van der Waals surface area contributed by atoms with Crippen molar-refractivity contribution in [3.8, 4) is 23.7 Å². The summed E-state index contributed by atoms with van der Waals surface area (Å²) in [4.78, 5) is 0. The quantitative estimate of drug-likeness (QED) is 0.150. The predicted molar refractivity (Wildman–Crippen MR) is 230 cm³/mol. The molecule has 0 nitrogen and oxygen atoms in total. The molecule has 0 saturated heterocycles. The summed E-state index contributed by atoms with van der Waals surface area (Å²) >= 11 is 12.8. The lowest BCUT2D eigenvalue weighted by Gasteiger charge is -2.26. The minimum absolute atomic E-state index is 0.523. The topological polar surface area (TPSA) is 0 Å². The summed E-state index contributed by atoms with van der Waals surface area (Å²) in [6.07, 6.45) is 17.7. The van der Waals surface area contributed by atoms with Crippen LogP contribution >= 0.6 is 23.2 Å². The summed E-state index contributed by atoms with van der Waals surface area (Å²) in [6.45, 7) is 8.81. The molecule has 2 saturated carbocycles. The smallest absolute Gasteiger partial charge is 0.0450 e. The van der Waals surface area contributed by atoms with Crippen LogP contribution in [0.5, 0.6) is 0 Å². The Bertz CT molecular complexity index is 1830. The SMILES string of the molecule is CCCc1ccc(C#CC2CCC(c3ccc(CC)cc3)CC2)cc1Cl.CCCc1ccc(C2CCC(C#Cc3ccc(CCC)c(Cl)c3)CC2)cc1. The van der Waals surface area contributed by atoms with Gasteiger partial charge >= 0.3 is 0 Å². The second-order valence-electron chi connectivity index (χ2n) is 15.3. The van der Waals surface area contributed by atoms with Gasteiger partial charge in [-0.3, -0.25) is 0 Å². The van der Waals surface area contributed by atoms with Crippen molar-refractivity contribution in [2.75, 3.05) is 0 Å². The van der Waals surface area contributed by atoms with E-state index in [0.717, 1.165) is 53.3 Å². The van der Waals surface area contributed by atoms with E-state index in [1.54, 1.807) is 0 Å². The molecule has 2 aliphatic carbocycles. The van der Waals surface area contributed by atoms with Crippen LogP contribution < -0.4 is 0 Å². The lowest BCUT2D eigenvalue weighted by Crippen LogP contribution is -2.12. The summed E-state index contributed by atoms with van der Waals surface area (Å²) in [5.74, 6) is 16.2. The van der Waals surface area contributed by atoms with Gasteiger partial charge in [0.2, 0.25) is 0 Å². The second-order valence-corrected chi connectivity index (χ2v) is 16.1. The molecule has 6 rings (SSSR count). The number of halogens is 2. The Balaban J connectivity index is 0.000000204. The van der Waals surface area contributed by atoms with Crippen molar-refractivity contribution >= 4 is 23.2 Å². The van der Waals surface area contributed by atoms with Gasteiger partial charge in [-0.15, -0.1) is 0 Å². The number of aryl methyl sites for hydroxylation is 4. The van der Waals surface area contributed by atoms with Gasteiger partial charge in [0.05, 0.1) is 0 Å². The molecular formula is C51H60Cl2. The van der Waals surface area contributed by atoms with Gasteiger partial charge in [-0.25, -0.2) is 0 Å². The predicted octanol–water partition coefficient (Wildman–Crippen LogP) is 14.8. The van der Waals surface area contributed by atoms with E-state index in [2.05, 4.69) is 124 Å². The molecule has 0 N–H and O–H groups in total. The van der Waals surface area contributed by atoms with Crippen LogP contribution in [0.25, 0.3) is 0 Å². The van der Waals surface area contributed by atoms with E-state index in [1.165, 1.54) is 97.6 Å². The van der Waals surface area contributed by atoms with E-state index in [-0.39, 0.29) is 0 Å². The normalized spacial score (nSPS) is 19.5. The molecule has 0 radical (unpaired) electrons. The molecule has 4 aromatic carbocycles. The zero-order chi connectivity index (χ0) is 37.4. The Morgan fingerprint density at radius 1 is 0.472 bits per heavy atom. The number of hydrogen-bond donors (Lipinski definition) is 0. The first kappa shape index (κ1) is 40.8. The van der Waals surface area contributed by atoms with Gasteiger partial charge in [-0.2, -0.15) is 0 Å². The van der Waals surface area contributed by atoms with Crippen molar-refractivity contribution in [1.82, 2.24) is 0 Å². The van der Waals surface area contributed by atoms with Gasteiger partial charge in [-0.05, 0) is 147 Å². The van der Waals surface area contributed by atoms with E-state index in [0.29, 0.717) is 23.7 Å². The summed E-state index contributed by atoms with van der Waals surface area (Å²) in [5, 5.41) is 1.72. The monoisotopic (exact) mass is 742 g/mol. The lowest BCUT2D eigenvalue weighted by molar-refractivity contribution is 0.384.